The predicted molar refractivity (Wildman–Crippen MR) is 126 cm³/mol. The van der Waals surface area contributed by atoms with Crippen LogP contribution in [0.1, 0.15) is 38.8 Å². The highest BCUT2D eigenvalue weighted by atomic mass is 32.2. The van der Waals surface area contributed by atoms with Crippen LogP contribution in [0.25, 0.3) is 0 Å². The zero-order valence-corrected chi connectivity index (χ0v) is 20.1. The Balaban J connectivity index is 1.89. The van der Waals surface area contributed by atoms with E-state index in [0.29, 0.717) is 13.0 Å². The third-order valence-corrected chi connectivity index (χ3v) is 9.70. The lowest BCUT2D eigenvalue weighted by atomic mass is 9.66. The summed E-state index contributed by atoms with van der Waals surface area (Å²) >= 11 is 1.51. The van der Waals surface area contributed by atoms with E-state index in [1.54, 1.807) is 11.0 Å². The molecule has 178 valence electrons. The van der Waals surface area contributed by atoms with Crippen molar-refractivity contribution in [2.24, 2.45) is 17.8 Å². The Bertz CT molecular complexity index is 953. The fourth-order valence-electron chi connectivity index (χ4n) is 6.24. The number of amides is 2. The van der Waals surface area contributed by atoms with E-state index < -0.39 is 34.6 Å². The van der Waals surface area contributed by atoms with Gasteiger partial charge in [-0.3, -0.25) is 14.4 Å². The summed E-state index contributed by atoms with van der Waals surface area (Å²) in [6.45, 7) is 9.63. The highest BCUT2D eigenvalue weighted by molar-refractivity contribution is 8.02. The molecule has 8 heteroatoms. The molecule has 0 aliphatic carbocycles. The molecule has 0 radical (unpaired) electrons. The van der Waals surface area contributed by atoms with E-state index in [1.807, 2.05) is 51.1 Å². The van der Waals surface area contributed by atoms with Crippen LogP contribution < -0.4 is 0 Å². The number of carboxylic acids is 1. The monoisotopic (exact) mass is 472 g/mol. The fourth-order valence-corrected chi connectivity index (χ4v) is 8.63. The molecule has 3 unspecified atom stereocenters. The van der Waals surface area contributed by atoms with Gasteiger partial charge in [0.05, 0.1) is 29.2 Å². The number of carbonyl (C=O) groups excluding carboxylic acids is 2. The summed E-state index contributed by atoms with van der Waals surface area (Å²) in [4.78, 5) is 43.7. The molecule has 4 rings (SSSR count). The van der Waals surface area contributed by atoms with Crippen molar-refractivity contribution in [1.29, 1.82) is 0 Å². The summed E-state index contributed by atoms with van der Waals surface area (Å²) in [6, 6.07) is 7.45. The minimum absolute atomic E-state index is 0.0103. The molecule has 3 fully saturated rings. The Morgan fingerprint density at radius 3 is 2.55 bits per heavy atom. The maximum atomic E-state index is 14.2. The van der Waals surface area contributed by atoms with E-state index in [4.69, 9.17) is 0 Å². The molecule has 3 heterocycles. The number of aliphatic hydroxyl groups excluding tert-OH is 1. The van der Waals surface area contributed by atoms with Gasteiger partial charge in [-0.1, -0.05) is 43.3 Å². The first kappa shape index (κ1) is 23.8. The number of carbonyl (C=O) groups is 3. The van der Waals surface area contributed by atoms with Crippen LogP contribution in [0.3, 0.4) is 0 Å². The van der Waals surface area contributed by atoms with Crippen LogP contribution >= 0.6 is 11.8 Å². The van der Waals surface area contributed by atoms with Crippen LogP contribution in [0, 0.1) is 17.8 Å². The van der Waals surface area contributed by atoms with E-state index in [2.05, 4.69) is 6.58 Å². The van der Waals surface area contributed by atoms with E-state index in [-0.39, 0.29) is 35.6 Å². The van der Waals surface area contributed by atoms with Gasteiger partial charge in [0, 0.05) is 17.8 Å². The van der Waals surface area contributed by atoms with Crippen molar-refractivity contribution >= 4 is 29.5 Å². The smallest absolute Gasteiger partial charge is 0.308 e. The lowest BCUT2D eigenvalue weighted by molar-refractivity contribution is -0.150. The molecule has 7 nitrogen and oxygen atoms in total. The van der Waals surface area contributed by atoms with Crippen LogP contribution in [0.5, 0.6) is 0 Å². The van der Waals surface area contributed by atoms with Gasteiger partial charge in [0.2, 0.25) is 11.8 Å². The van der Waals surface area contributed by atoms with Crippen LogP contribution in [0.2, 0.25) is 0 Å². The number of fused-ring (bicyclic) bond motifs is 1. The average molecular weight is 473 g/mol. The third kappa shape index (κ3) is 3.41. The molecule has 3 aliphatic heterocycles. The second-order valence-corrected chi connectivity index (χ2v) is 11.2. The van der Waals surface area contributed by atoms with Gasteiger partial charge in [-0.15, -0.1) is 18.3 Å². The van der Waals surface area contributed by atoms with E-state index in [0.717, 1.165) is 5.56 Å². The van der Waals surface area contributed by atoms with Crippen LogP contribution in [-0.4, -0.2) is 73.0 Å². The number of aliphatic hydroxyl groups is 1. The van der Waals surface area contributed by atoms with Gasteiger partial charge in [-0.25, -0.2) is 0 Å². The number of nitrogens with zero attached hydrogens (tertiary/aromatic N) is 2. The number of rotatable bonds is 8. The summed E-state index contributed by atoms with van der Waals surface area (Å²) in [5.74, 6) is -3.17. The van der Waals surface area contributed by atoms with E-state index in [9.17, 15) is 24.6 Å². The standard InChI is InChI=1S/C25H32N2O5S/c1-5-11-26(14(2)3)23(30)21-25-15(4)12-18(33-25)19(24(31)32)20(25)22(29)27(21)17(13-28)16-9-7-6-8-10-16/h5-10,14-15,17-21,28H,1,11-13H2,2-4H3,(H,31,32)/t15?,17-,18-,19+,20+,21?,25?/m1/s1. The molecule has 3 saturated heterocycles. The Kier molecular flexibility index (Phi) is 6.35. The molecule has 2 amide bonds. The van der Waals surface area contributed by atoms with Crippen LogP contribution in [-0.2, 0) is 14.4 Å². The number of carboxylic acid groups (broad SMARTS) is 1. The first-order chi connectivity index (χ1) is 15.7. The Morgan fingerprint density at radius 1 is 1.33 bits per heavy atom. The summed E-state index contributed by atoms with van der Waals surface area (Å²) in [5, 5.41) is 20.3. The Hall–Kier alpha value is -2.32. The van der Waals surface area contributed by atoms with Crippen molar-refractivity contribution in [2.75, 3.05) is 13.2 Å². The third-order valence-electron chi connectivity index (χ3n) is 7.63. The number of thioether (sulfide) groups is 1. The minimum Gasteiger partial charge on any atom is -0.481 e. The van der Waals surface area contributed by atoms with Crippen LogP contribution in [0.4, 0.5) is 0 Å². The van der Waals surface area contributed by atoms with E-state index in [1.165, 1.54) is 16.7 Å². The molecule has 2 N–H and O–H groups in total. The van der Waals surface area contributed by atoms with Crippen molar-refractivity contribution in [3.05, 3.63) is 48.6 Å². The molecule has 1 aromatic rings. The zero-order chi connectivity index (χ0) is 24.1. The maximum Gasteiger partial charge on any atom is 0.308 e. The first-order valence-corrected chi connectivity index (χ1v) is 12.4. The Morgan fingerprint density at radius 2 is 2.00 bits per heavy atom. The van der Waals surface area contributed by atoms with Gasteiger partial charge in [0.15, 0.2) is 0 Å². The number of aliphatic carboxylic acids is 1. The van der Waals surface area contributed by atoms with Gasteiger partial charge >= 0.3 is 5.97 Å². The van der Waals surface area contributed by atoms with Crippen molar-refractivity contribution in [3.8, 4) is 0 Å². The number of hydrogen-bond donors (Lipinski definition) is 2. The highest BCUT2D eigenvalue weighted by Crippen LogP contribution is 2.69. The lowest BCUT2D eigenvalue weighted by Crippen LogP contribution is -2.58. The van der Waals surface area contributed by atoms with Gasteiger partial charge in [-0.05, 0) is 31.7 Å². The fraction of sp³-hybridized carbons (Fsp3) is 0.560. The summed E-state index contributed by atoms with van der Waals surface area (Å²) in [6.07, 6.45) is 2.32. The molecule has 3 aliphatic rings. The number of benzene rings is 1. The highest BCUT2D eigenvalue weighted by Gasteiger charge is 2.77. The summed E-state index contributed by atoms with van der Waals surface area (Å²) < 4.78 is -0.835. The lowest BCUT2D eigenvalue weighted by Gasteiger charge is -2.42. The molecule has 2 bridgehead atoms. The van der Waals surface area contributed by atoms with Crippen molar-refractivity contribution in [1.82, 2.24) is 9.80 Å². The van der Waals surface area contributed by atoms with Crippen molar-refractivity contribution < 1.29 is 24.6 Å². The van der Waals surface area contributed by atoms with Gasteiger partial charge in [0.1, 0.15) is 6.04 Å². The topological polar surface area (TPSA) is 98.2 Å². The van der Waals surface area contributed by atoms with Crippen molar-refractivity contribution in [2.45, 2.75) is 55.3 Å². The maximum absolute atomic E-state index is 14.2. The predicted octanol–water partition coefficient (Wildman–Crippen LogP) is 2.56. The van der Waals surface area contributed by atoms with Gasteiger partial charge in [-0.2, -0.15) is 0 Å². The molecular weight excluding hydrogens is 440 g/mol. The molecule has 33 heavy (non-hydrogen) atoms. The first-order valence-electron chi connectivity index (χ1n) is 11.5. The molecule has 0 aromatic heterocycles. The number of hydrogen-bond acceptors (Lipinski definition) is 5. The van der Waals surface area contributed by atoms with Crippen molar-refractivity contribution in [3.63, 3.8) is 0 Å². The second-order valence-electron chi connectivity index (χ2n) is 9.62. The molecule has 1 aromatic carbocycles. The largest absolute Gasteiger partial charge is 0.481 e. The summed E-state index contributed by atoms with van der Waals surface area (Å²) in [7, 11) is 0. The quantitative estimate of drug-likeness (QED) is 0.565. The zero-order valence-electron chi connectivity index (χ0n) is 19.3. The molecule has 0 saturated carbocycles. The normalized spacial score (nSPS) is 33.3. The second kappa shape index (κ2) is 8.80. The van der Waals surface area contributed by atoms with E-state index >= 15 is 0 Å². The molecular formula is C25H32N2O5S. The van der Waals surface area contributed by atoms with Crippen LogP contribution in [0.15, 0.2) is 43.0 Å². The molecule has 7 atom stereocenters. The average Bonchev–Trinajstić information content (AvgIpc) is 3.37. The SMILES string of the molecule is C=CCN(C(=O)C1N([C@H](CO)c2ccccc2)C(=O)[C@@H]2[C@@H](C(=O)O)[C@H]3CC(C)C12S3)C(C)C. The summed E-state index contributed by atoms with van der Waals surface area (Å²) in [5.41, 5.74) is 0.724. The molecule has 1 spiro atoms. The Labute approximate surface area is 198 Å². The van der Waals surface area contributed by atoms with Gasteiger partial charge in [0.25, 0.3) is 0 Å². The van der Waals surface area contributed by atoms with Gasteiger partial charge < -0.3 is 20.0 Å². The minimum atomic E-state index is -0.986. The number of likely N-dealkylation sites (tertiary alicyclic amines) is 1.